The van der Waals surface area contributed by atoms with Crippen LogP contribution in [0.15, 0.2) is 18.2 Å². The molecule has 148 valence electrons. The lowest BCUT2D eigenvalue weighted by Gasteiger charge is -2.43. The molecule has 1 aliphatic rings. The van der Waals surface area contributed by atoms with E-state index in [0.717, 1.165) is 35.5 Å². The Morgan fingerprint density at radius 2 is 1.82 bits per heavy atom. The summed E-state index contributed by atoms with van der Waals surface area (Å²) in [5.74, 6) is 3.34. The fourth-order valence-corrected chi connectivity index (χ4v) is 3.29. The average molecular weight is 383 g/mol. The number of hydrogen-bond acceptors (Lipinski definition) is 8. The standard InChI is InChI=1S/C19H25N7O2/c1-11-6-17(24-23-11)21-19-20-14-8-16(28-5)15(27-4)7-13(14)18(22-19)26-9-12(10-26)25(2)3/h6-8,12H,9-10H2,1-5H3,(H2,20,21,22,23,24). The monoisotopic (exact) mass is 383 g/mol. The molecule has 0 aliphatic carbocycles. The van der Waals surface area contributed by atoms with Crippen molar-refractivity contribution >= 4 is 28.5 Å². The van der Waals surface area contributed by atoms with Crippen molar-refractivity contribution in [3.8, 4) is 11.5 Å². The number of methoxy groups -OCH3 is 2. The highest BCUT2D eigenvalue weighted by atomic mass is 16.5. The molecule has 1 aliphatic heterocycles. The topological polar surface area (TPSA) is 91.4 Å². The van der Waals surface area contributed by atoms with E-state index in [1.807, 2.05) is 25.1 Å². The number of fused-ring (bicyclic) bond motifs is 1. The highest BCUT2D eigenvalue weighted by molar-refractivity contribution is 5.93. The lowest BCUT2D eigenvalue weighted by atomic mass is 10.1. The highest BCUT2D eigenvalue weighted by Crippen LogP contribution is 2.37. The number of rotatable bonds is 6. The van der Waals surface area contributed by atoms with Crippen LogP contribution < -0.4 is 19.7 Å². The quantitative estimate of drug-likeness (QED) is 0.669. The van der Waals surface area contributed by atoms with Gasteiger partial charge in [-0.2, -0.15) is 10.1 Å². The second kappa shape index (κ2) is 7.16. The van der Waals surface area contributed by atoms with Crippen molar-refractivity contribution in [3.63, 3.8) is 0 Å². The first-order valence-electron chi connectivity index (χ1n) is 9.12. The summed E-state index contributed by atoms with van der Waals surface area (Å²) in [5, 5.41) is 11.2. The maximum atomic E-state index is 5.48. The van der Waals surface area contributed by atoms with Crippen LogP contribution in [-0.2, 0) is 0 Å². The van der Waals surface area contributed by atoms with Crippen LogP contribution >= 0.6 is 0 Å². The highest BCUT2D eigenvalue weighted by Gasteiger charge is 2.31. The number of aromatic nitrogens is 4. The van der Waals surface area contributed by atoms with Crippen LogP contribution in [0, 0.1) is 6.92 Å². The third kappa shape index (κ3) is 3.29. The molecule has 0 amide bonds. The number of H-pyrrole nitrogens is 1. The summed E-state index contributed by atoms with van der Waals surface area (Å²) < 4.78 is 10.9. The molecule has 0 radical (unpaired) electrons. The molecular formula is C19H25N7O2. The largest absolute Gasteiger partial charge is 0.493 e. The van der Waals surface area contributed by atoms with Crippen LogP contribution in [0.3, 0.4) is 0 Å². The number of anilines is 3. The van der Waals surface area contributed by atoms with Crippen molar-refractivity contribution in [2.75, 3.05) is 51.6 Å². The lowest BCUT2D eigenvalue weighted by molar-refractivity contribution is 0.246. The van der Waals surface area contributed by atoms with E-state index in [0.29, 0.717) is 29.3 Å². The second-order valence-corrected chi connectivity index (χ2v) is 7.18. The Kier molecular flexibility index (Phi) is 4.68. The third-order valence-corrected chi connectivity index (χ3v) is 5.02. The zero-order valence-electron chi connectivity index (χ0n) is 16.8. The van der Waals surface area contributed by atoms with Crippen LogP contribution in [0.5, 0.6) is 11.5 Å². The van der Waals surface area contributed by atoms with Crippen LogP contribution in [0.1, 0.15) is 5.69 Å². The van der Waals surface area contributed by atoms with E-state index in [2.05, 4.69) is 44.4 Å². The predicted octanol–water partition coefficient (Wildman–Crippen LogP) is 2.17. The smallest absolute Gasteiger partial charge is 0.230 e. The molecule has 9 heteroatoms. The van der Waals surface area contributed by atoms with Gasteiger partial charge in [0.2, 0.25) is 5.95 Å². The molecule has 1 saturated heterocycles. The predicted molar refractivity (Wildman–Crippen MR) is 109 cm³/mol. The van der Waals surface area contributed by atoms with E-state index >= 15 is 0 Å². The number of aromatic amines is 1. The van der Waals surface area contributed by atoms with E-state index in [1.165, 1.54) is 0 Å². The van der Waals surface area contributed by atoms with Gasteiger partial charge < -0.3 is 24.6 Å². The molecule has 0 unspecified atom stereocenters. The number of ether oxygens (including phenoxy) is 2. The second-order valence-electron chi connectivity index (χ2n) is 7.18. The molecule has 3 aromatic rings. The summed E-state index contributed by atoms with van der Waals surface area (Å²) in [7, 11) is 7.45. The first-order chi connectivity index (χ1) is 13.5. The van der Waals surface area contributed by atoms with Crippen molar-refractivity contribution in [3.05, 3.63) is 23.9 Å². The molecule has 9 nitrogen and oxygen atoms in total. The number of nitrogens with one attached hydrogen (secondary N) is 2. The Balaban J connectivity index is 1.78. The van der Waals surface area contributed by atoms with Crippen LogP contribution in [0.25, 0.3) is 10.9 Å². The van der Waals surface area contributed by atoms with E-state index in [1.54, 1.807) is 14.2 Å². The van der Waals surface area contributed by atoms with Crippen LogP contribution in [0.4, 0.5) is 17.6 Å². The zero-order chi connectivity index (χ0) is 19.8. The van der Waals surface area contributed by atoms with Gasteiger partial charge in [0.1, 0.15) is 5.82 Å². The molecule has 2 aromatic heterocycles. The minimum Gasteiger partial charge on any atom is -0.493 e. The van der Waals surface area contributed by atoms with Crippen molar-refractivity contribution in [1.29, 1.82) is 0 Å². The first-order valence-corrected chi connectivity index (χ1v) is 9.12. The molecule has 0 saturated carbocycles. The van der Waals surface area contributed by atoms with Gasteiger partial charge in [0.05, 0.1) is 19.7 Å². The van der Waals surface area contributed by atoms with Gasteiger partial charge in [0.25, 0.3) is 0 Å². The van der Waals surface area contributed by atoms with Gasteiger partial charge in [-0.05, 0) is 27.1 Å². The molecular weight excluding hydrogens is 358 g/mol. The summed E-state index contributed by atoms with van der Waals surface area (Å²) in [5.41, 5.74) is 1.75. The van der Waals surface area contributed by atoms with Gasteiger partial charge in [-0.15, -0.1) is 0 Å². The molecule has 1 aromatic carbocycles. The number of aryl methyl sites for hydroxylation is 1. The van der Waals surface area contributed by atoms with Crippen molar-refractivity contribution in [2.45, 2.75) is 13.0 Å². The number of hydrogen-bond donors (Lipinski definition) is 2. The summed E-state index contributed by atoms with van der Waals surface area (Å²) in [4.78, 5) is 13.9. The summed E-state index contributed by atoms with van der Waals surface area (Å²) in [6.45, 7) is 3.77. The van der Waals surface area contributed by atoms with Crippen molar-refractivity contribution in [1.82, 2.24) is 25.1 Å². The van der Waals surface area contributed by atoms with Crippen LogP contribution in [-0.4, -0.2) is 72.5 Å². The Morgan fingerprint density at radius 1 is 1.11 bits per heavy atom. The number of nitrogens with zero attached hydrogens (tertiary/aromatic N) is 5. The van der Waals surface area contributed by atoms with E-state index < -0.39 is 0 Å². The normalized spacial score (nSPS) is 14.4. The van der Waals surface area contributed by atoms with Crippen LogP contribution in [0.2, 0.25) is 0 Å². The van der Waals surface area contributed by atoms with E-state index in [-0.39, 0.29) is 0 Å². The summed E-state index contributed by atoms with van der Waals surface area (Å²) in [6, 6.07) is 6.24. The Labute approximate surface area is 163 Å². The molecule has 0 bridgehead atoms. The fourth-order valence-electron chi connectivity index (χ4n) is 3.29. The molecule has 0 atom stereocenters. The van der Waals surface area contributed by atoms with Gasteiger partial charge in [-0.1, -0.05) is 0 Å². The lowest BCUT2D eigenvalue weighted by Crippen LogP contribution is -2.57. The van der Waals surface area contributed by atoms with Crippen molar-refractivity contribution < 1.29 is 9.47 Å². The molecule has 1 fully saturated rings. The first kappa shape index (κ1) is 18.3. The third-order valence-electron chi connectivity index (χ3n) is 5.02. The maximum Gasteiger partial charge on any atom is 0.230 e. The SMILES string of the molecule is COc1cc2nc(Nc3cc(C)[nH]n3)nc(N3CC(N(C)C)C3)c2cc1OC. The summed E-state index contributed by atoms with van der Waals surface area (Å²) in [6.07, 6.45) is 0. The molecule has 2 N–H and O–H groups in total. The van der Waals surface area contributed by atoms with Gasteiger partial charge in [0.15, 0.2) is 17.3 Å². The molecule has 3 heterocycles. The minimum atomic E-state index is 0.495. The molecule has 4 rings (SSSR count). The fraction of sp³-hybridized carbons (Fsp3) is 0.421. The van der Waals surface area contributed by atoms with Gasteiger partial charge in [-0.3, -0.25) is 5.10 Å². The molecule has 0 spiro atoms. The van der Waals surface area contributed by atoms with Gasteiger partial charge in [-0.25, -0.2) is 4.98 Å². The number of benzene rings is 1. The van der Waals surface area contributed by atoms with Gasteiger partial charge in [0, 0.05) is 42.3 Å². The number of likely N-dealkylation sites (N-methyl/N-ethyl adjacent to an activating group) is 1. The van der Waals surface area contributed by atoms with E-state index in [9.17, 15) is 0 Å². The Bertz CT molecular complexity index is 995. The Morgan fingerprint density at radius 3 is 2.43 bits per heavy atom. The minimum absolute atomic E-state index is 0.495. The maximum absolute atomic E-state index is 5.48. The average Bonchev–Trinajstić information content (AvgIpc) is 3.03. The Hall–Kier alpha value is -3.07. The summed E-state index contributed by atoms with van der Waals surface area (Å²) >= 11 is 0. The zero-order valence-corrected chi connectivity index (χ0v) is 16.8. The molecule has 28 heavy (non-hydrogen) atoms. The van der Waals surface area contributed by atoms with Crippen molar-refractivity contribution in [2.24, 2.45) is 0 Å². The van der Waals surface area contributed by atoms with Gasteiger partial charge >= 0.3 is 0 Å². The van der Waals surface area contributed by atoms with E-state index in [4.69, 9.17) is 14.5 Å².